The zero-order valence-electron chi connectivity index (χ0n) is 10.5. The predicted molar refractivity (Wildman–Crippen MR) is 70.8 cm³/mol. The monoisotopic (exact) mass is 256 g/mol. The number of imidazole rings is 1. The SMILES string of the molecule is COc1ccc(-n2c(C)nc3c(=O)[nH]cnc32)cc1. The first kappa shape index (κ1) is 11.5. The van der Waals surface area contributed by atoms with Gasteiger partial charge in [0, 0.05) is 5.69 Å². The Morgan fingerprint density at radius 1 is 1.26 bits per heavy atom. The maximum Gasteiger partial charge on any atom is 0.278 e. The van der Waals surface area contributed by atoms with Crippen molar-refractivity contribution < 1.29 is 4.74 Å². The maximum atomic E-state index is 11.7. The molecule has 0 aliphatic carbocycles. The van der Waals surface area contributed by atoms with Crippen molar-refractivity contribution in [1.29, 1.82) is 0 Å². The van der Waals surface area contributed by atoms with Crippen LogP contribution >= 0.6 is 0 Å². The van der Waals surface area contributed by atoms with Gasteiger partial charge >= 0.3 is 0 Å². The Balaban J connectivity index is 2.26. The van der Waals surface area contributed by atoms with E-state index in [1.54, 1.807) is 7.11 Å². The van der Waals surface area contributed by atoms with Crippen LogP contribution in [-0.2, 0) is 0 Å². The summed E-state index contributed by atoms with van der Waals surface area (Å²) < 4.78 is 6.97. The summed E-state index contributed by atoms with van der Waals surface area (Å²) in [6.45, 7) is 1.84. The van der Waals surface area contributed by atoms with E-state index in [1.165, 1.54) is 6.33 Å². The van der Waals surface area contributed by atoms with Gasteiger partial charge in [-0.25, -0.2) is 9.97 Å². The summed E-state index contributed by atoms with van der Waals surface area (Å²) in [7, 11) is 1.62. The molecule has 2 heterocycles. The molecule has 0 saturated heterocycles. The third kappa shape index (κ3) is 1.77. The fourth-order valence-corrected chi connectivity index (χ4v) is 2.05. The van der Waals surface area contributed by atoms with Gasteiger partial charge in [0.15, 0.2) is 11.2 Å². The van der Waals surface area contributed by atoms with E-state index in [9.17, 15) is 4.79 Å². The second kappa shape index (κ2) is 4.24. The van der Waals surface area contributed by atoms with Gasteiger partial charge in [-0.2, -0.15) is 0 Å². The van der Waals surface area contributed by atoms with Crippen molar-refractivity contribution in [2.45, 2.75) is 6.92 Å². The molecule has 3 rings (SSSR count). The first-order valence-electron chi connectivity index (χ1n) is 5.78. The maximum absolute atomic E-state index is 11.7. The largest absolute Gasteiger partial charge is 0.497 e. The van der Waals surface area contributed by atoms with E-state index in [0.29, 0.717) is 17.0 Å². The highest BCUT2D eigenvalue weighted by Crippen LogP contribution is 2.19. The summed E-state index contributed by atoms with van der Waals surface area (Å²) in [6, 6.07) is 7.51. The van der Waals surface area contributed by atoms with Gasteiger partial charge in [-0.3, -0.25) is 9.36 Å². The molecule has 0 radical (unpaired) electrons. The highest BCUT2D eigenvalue weighted by atomic mass is 16.5. The first-order chi connectivity index (χ1) is 9.20. The Morgan fingerprint density at radius 3 is 2.68 bits per heavy atom. The van der Waals surface area contributed by atoms with Gasteiger partial charge in [0.05, 0.1) is 13.4 Å². The van der Waals surface area contributed by atoms with E-state index >= 15 is 0 Å². The number of aromatic nitrogens is 4. The Labute approximate surface area is 108 Å². The fraction of sp³-hybridized carbons (Fsp3) is 0.154. The lowest BCUT2D eigenvalue weighted by Crippen LogP contribution is -2.07. The molecule has 3 aromatic rings. The van der Waals surface area contributed by atoms with Crippen LogP contribution in [0.1, 0.15) is 5.82 Å². The number of nitrogens with one attached hydrogen (secondary N) is 1. The molecule has 6 nitrogen and oxygen atoms in total. The van der Waals surface area contributed by atoms with Crippen LogP contribution in [0.5, 0.6) is 5.75 Å². The zero-order chi connectivity index (χ0) is 13.4. The van der Waals surface area contributed by atoms with Crippen molar-refractivity contribution >= 4 is 11.2 Å². The molecule has 0 aliphatic heterocycles. The number of hydrogen-bond donors (Lipinski definition) is 1. The van der Waals surface area contributed by atoms with Gasteiger partial charge < -0.3 is 9.72 Å². The summed E-state index contributed by atoms with van der Waals surface area (Å²) in [5, 5.41) is 0. The van der Waals surface area contributed by atoms with Gasteiger partial charge in [-0.1, -0.05) is 0 Å². The number of aromatic amines is 1. The summed E-state index contributed by atoms with van der Waals surface area (Å²) in [5.74, 6) is 1.49. The van der Waals surface area contributed by atoms with E-state index in [2.05, 4.69) is 15.0 Å². The summed E-state index contributed by atoms with van der Waals surface area (Å²) in [6.07, 6.45) is 1.38. The summed E-state index contributed by atoms with van der Waals surface area (Å²) in [4.78, 5) is 22.7. The average molecular weight is 256 g/mol. The van der Waals surface area contributed by atoms with Crippen LogP contribution in [0.3, 0.4) is 0 Å². The molecule has 0 aliphatic rings. The molecule has 96 valence electrons. The molecular formula is C13H12N4O2. The lowest BCUT2D eigenvalue weighted by atomic mass is 10.3. The van der Waals surface area contributed by atoms with E-state index in [-0.39, 0.29) is 5.56 Å². The zero-order valence-corrected chi connectivity index (χ0v) is 10.5. The highest BCUT2D eigenvalue weighted by molar-refractivity contribution is 5.72. The molecule has 0 spiro atoms. The van der Waals surface area contributed by atoms with E-state index in [4.69, 9.17) is 4.74 Å². The highest BCUT2D eigenvalue weighted by Gasteiger charge is 2.12. The number of benzene rings is 1. The van der Waals surface area contributed by atoms with Crippen LogP contribution in [0.25, 0.3) is 16.9 Å². The molecule has 0 fully saturated rings. The number of rotatable bonds is 2. The minimum atomic E-state index is -0.236. The molecular weight excluding hydrogens is 244 g/mol. The molecule has 1 N–H and O–H groups in total. The van der Waals surface area contributed by atoms with Crippen molar-refractivity contribution in [3.8, 4) is 11.4 Å². The van der Waals surface area contributed by atoms with Gasteiger partial charge in [0.25, 0.3) is 5.56 Å². The molecule has 0 amide bonds. The standard InChI is InChI=1S/C13H12N4O2/c1-8-16-11-12(14-7-15-13(11)18)17(8)9-3-5-10(19-2)6-4-9/h3-7H,1-2H3,(H,14,15,18). The first-order valence-corrected chi connectivity index (χ1v) is 5.78. The Kier molecular flexibility index (Phi) is 2.56. The summed E-state index contributed by atoms with van der Waals surface area (Å²) in [5.41, 5.74) is 1.54. The molecule has 19 heavy (non-hydrogen) atoms. The number of hydrogen-bond acceptors (Lipinski definition) is 4. The van der Waals surface area contributed by atoms with Crippen LogP contribution in [0.15, 0.2) is 35.4 Å². The van der Waals surface area contributed by atoms with Gasteiger partial charge in [0.1, 0.15) is 11.6 Å². The molecule has 2 aromatic heterocycles. The number of nitrogens with zero attached hydrogens (tertiary/aromatic N) is 3. The Bertz CT molecular complexity index is 787. The number of aryl methyl sites for hydroxylation is 1. The molecule has 0 saturated carbocycles. The smallest absolute Gasteiger partial charge is 0.278 e. The van der Waals surface area contributed by atoms with Crippen molar-refractivity contribution in [2.24, 2.45) is 0 Å². The third-order valence-corrected chi connectivity index (χ3v) is 2.95. The normalized spacial score (nSPS) is 10.8. The number of ether oxygens (including phenoxy) is 1. The number of H-pyrrole nitrogens is 1. The van der Waals surface area contributed by atoms with E-state index < -0.39 is 0 Å². The number of fused-ring (bicyclic) bond motifs is 1. The minimum absolute atomic E-state index is 0.236. The molecule has 0 atom stereocenters. The van der Waals surface area contributed by atoms with E-state index in [0.717, 1.165) is 11.4 Å². The van der Waals surface area contributed by atoms with Crippen LogP contribution in [0, 0.1) is 6.92 Å². The topological polar surface area (TPSA) is 72.8 Å². The van der Waals surface area contributed by atoms with Gasteiger partial charge in [0.2, 0.25) is 0 Å². The van der Waals surface area contributed by atoms with E-state index in [1.807, 2.05) is 35.8 Å². The third-order valence-electron chi connectivity index (χ3n) is 2.95. The van der Waals surface area contributed by atoms with Crippen LogP contribution in [0.4, 0.5) is 0 Å². The minimum Gasteiger partial charge on any atom is -0.497 e. The molecule has 6 heteroatoms. The predicted octanol–water partition coefficient (Wildman–Crippen LogP) is 1.43. The summed E-state index contributed by atoms with van der Waals surface area (Å²) >= 11 is 0. The number of methoxy groups -OCH3 is 1. The van der Waals surface area contributed by atoms with Crippen LogP contribution in [0.2, 0.25) is 0 Å². The second-order valence-corrected chi connectivity index (χ2v) is 4.10. The Hall–Kier alpha value is -2.63. The fourth-order valence-electron chi connectivity index (χ4n) is 2.05. The molecule has 0 unspecified atom stereocenters. The lowest BCUT2D eigenvalue weighted by molar-refractivity contribution is 0.414. The average Bonchev–Trinajstić information content (AvgIpc) is 2.77. The van der Waals surface area contributed by atoms with Crippen molar-refractivity contribution in [1.82, 2.24) is 19.5 Å². The van der Waals surface area contributed by atoms with Crippen LogP contribution in [-0.4, -0.2) is 26.6 Å². The molecule has 0 bridgehead atoms. The quantitative estimate of drug-likeness (QED) is 0.752. The van der Waals surface area contributed by atoms with Crippen molar-refractivity contribution in [2.75, 3.05) is 7.11 Å². The Morgan fingerprint density at radius 2 is 2.00 bits per heavy atom. The van der Waals surface area contributed by atoms with Crippen molar-refractivity contribution in [3.63, 3.8) is 0 Å². The van der Waals surface area contributed by atoms with Crippen LogP contribution < -0.4 is 10.3 Å². The molecule has 1 aromatic carbocycles. The lowest BCUT2D eigenvalue weighted by Gasteiger charge is -2.06. The second-order valence-electron chi connectivity index (χ2n) is 4.10. The van der Waals surface area contributed by atoms with Crippen molar-refractivity contribution in [3.05, 3.63) is 46.8 Å². The van der Waals surface area contributed by atoms with Gasteiger partial charge in [-0.05, 0) is 31.2 Å². The van der Waals surface area contributed by atoms with Gasteiger partial charge in [-0.15, -0.1) is 0 Å².